The first-order valence-electron chi connectivity index (χ1n) is 7.61. The second kappa shape index (κ2) is 9.03. The number of hydrogen-bond donors (Lipinski definition) is 0. The van der Waals surface area contributed by atoms with E-state index in [2.05, 4.69) is 78.6 Å². The molecule has 0 unspecified atom stereocenters. The molecule has 0 aliphatic rings. The number of nitrogens with zero attached hydrogens (tertiary/aromatic N) is 2. The molecule has 2 aromatic rings. The fourth-order valence-electron chi connectivity index (χ4n) is 2.62. The van der Waals surface area contributed by atoms with Gasteiger partial charge in [0.15, 0.2) is 5.69 Å². The Morgan fingerprint density at radius 2 is 2.05 bits per heavy atom. The summed E-state index contributed by atoms with van der Waals surface area (Å²) in [5, 5.41) is 0. The molecule has 0 saturated heterocycles. The fraction of sp³-hybridized carbons (Fsp3) is 0.389. The van der Waals surface area contributed by atoms with E-state index in [1.165, 1.54) is 36.3 Å². The Kier molecular flexibility index (Phi) is 7.72. The number of imidazole rings is 1. The van der Waals surface area contributed by atoms with Crippen molar-refractivity contribution in [1.82, 2.24) is 4.57 Å². The molecule has 0 atom stereocenters. The highest BCUT2D eigenvalue weighted by atomic mass is 127. The summed E-state index contributed by atoms with van der Waals surface area (Å²) < 4.78 is 4.56. The lowest BCUT2D eigenvalue weighted by Gasteiger charge is -2.05. The molecule has 0 amide bonds. The van der Waals surface area contributed by atoms with Crippen LogP contribution in [0.4, 0.5) is 0 Å². The predicted molar refractivity (Wildman–Crippen MR) is 86.4 cm³/mol. The van der Waals surface area contributed by atoms with Gasteiger partial charge in [0.1, 0.15) is 11.9 Å². The Hall–Kier alpha value is -1.10. The molecule has 3 heteroatoms. The monoisotopic (exact) mass is 396 g/mol. The molecular weight excluding hydrogens is 371 g/mol. The molecule has 0 radical (unpaired) electrons. The molecule has 0 bridgehead atoms. The smallest absolute Gasteiger partial charge is 0.291 e. The maximum absolute atomic E-state index is 2.37. The van der Waals surface area contributed by atoms with E-state index in [-0.39, 0.29) is 24.0 Å². The molecule has 2 aromatic heterocycles. The molecule has 2 rings (SSSR count). The zero-order valence-electron chi connectivity index (χ0n) is 13.2. The van der Waals surface area contributed by atoms with Gasteiger partial charge in [-0.05, 0) is 38.5 Å². The fourth-order valence-corrected chi connectivity index (χ4v) is 2.62. The SMILES string of the molecule is CC=Cc1c[n+]2ccccc2n1C(=CC)CCCCC.[I-]. The topological polar surface area (TPSA) is 9.03 Å². The van der Waals surface area contributed by atoms with E-state index in [4.69, 9.17) is 0 Å². The molecule has 0 aromatic carbocycles. The normalized spacial score (nSPS) is 12.0. The van der Waals surface area contributed by atoms with Crippen molar-refractivity contribution < 1.29 is 28.4 Å². The number of allylic oxidation sites excluding steroid dienone is 3. The summed E-state index contributed by atoms with van der Waals surface area (Å²) in [5.41, 5.74) is 3.86. The number of aromatic nitrogens is 2. The van der Waals surface area contributed by atoms with Gasteiger partial charge in [0.25, 0.3) is 5.65 Å². The van der Waals surface area contributed by atoms with Gasteiger partial charge in [-0.2, -0.15) is 4.57 Å². The van der Waals surface area contributed by atoms with Crippen molar-refractivity contribution in [2.24, 2.45) is 0 Å². The second-order valence-electron chi connectivity index (χ2n) is 5.09. The van der Waals surface area contributed by atoms with Crippen molar-refractivity contribution in [2.45, 2.75) is 46.5 Å². The summed E-state index contributed by atoms with van der Waals surface area (Å²) >= 11 is 0. The van der Waals surface area contributed by atoms with Crippen molar-refractivity contribution >= 4 is 17.4 Å². The third-order valence-electron chi connectivity index (χ3n) is 3.62. The molecule has 2 heterocycles. The highest BCUT2D eigenvalue weighted by molar-refractivity contribution is 5.61. The number of halogens is 1. The lowest BCUT2D eigenvalue weighted by atomic mass is 10.1. The number of hydrogen-bond acceptors (Lipinski definition) is 0. The summed E-state index contributed by atoms with van der Waals surface area (Å²) in [7, 11) is 0. The number of rotatable bonds is 6. The van der Waals surface area contributed by atoms with Crippen molar-refractivity contribution in [3.8, 4) is 0 Å². The van der Waals surface area contributed by atoms with E-state index in [9.17, 15) is 0 Å². The average molecular weight is 396 g/mol. The zero-order valence-corrected chi connectivity index (χ0v) is 15.4. The highest BCUT2D eigenvalue weighted by Gasteiger charge is 2.18. The molecule has 0 aliphatic carbocycles. The van der Waals surface area contributed by atoms with Crippen LogP contribution >= 0.6 is 0 Å². The van der Waals surface area contributed by atoms with Crippen LogP contribution in [0, 0.1) is 0 Å². The van der Waals surface area contributed by atoms with Crippen LogP contribution in [-0.4, -0.2) is 4.57 Å². The van der Waals surface area contributed by atoms with Crippen LogP contribution in [0.15, 0.2) is 42.7 Å². The third kappa shape index (κ3) is 4.19. The minimum Gasteiger partial charge on any atom is -1.00 e. The number of unbranched alkanes of at least 4 members (excludes halogenated alkanes) is 2. The largest absolute Gasteiger partial charge is 1.00 e. The first-order chi connectivity index (χ1) is 9.81. The maximum Gasteiger partial charge on any atom is 0.291 e. The Labute approximate surface area is 145 Å². The van der Waals surface area contributed by atoms with Gasteiger partial charge in [-0.25, -0.2) is 4.40 Å². The molecule has 0 N–H and O–H groups in total. The number of pyridine rings is 1. The summed E-state index contributed by atoms with van der Waals surface area (Å²) in [6.45, 7) is 6.46. The zero-order chi connectivity index (χ0) is 14.4. The van der Waals surface area contributed by atoms with Crippen LogP contribution in [-0.2, 0) is 0 Å². The van der Waals surface area contributed by atoms with Crippen molar-refractivity contribution in [2.75, 3.05) is 0 Å². The van der Waals surface area contributed by atoms with Gasteiger partial charge in [-0.1, -0.05) is 31.9 Å². The Morgan fingerprint density at radius 3 is 2.71 bits per heavy atom. The summed E-state index contributed by atoms with van der Waals surface area (Å²) in [6.07, 6.45) is 15.8. The van der Waals surface area contributed by atoms with E-state index in [0.717, 1.165) is 6.42 Å². The lowest BCUT2D eigenvalue weighted by molar-refractivity contribution is -0.510. The molecule has 0 saturated carbocycles. The average Bonchev–Trinajstić information content (AvgIpc) is 2.82. The molecular formula is C18H25IN2. The third-order valence-corrected chi connectivity index (χ3v) is 3.62. The second-order valence-corrected chi connectivity index (χ2v) is 5.09. The first kappa shape index (κ1) is 18.0. The highest BCUT2D eigenvalue weighted by Crippen LogP contribution is 2.20. The maximum atomic E-state index is 2.37. The minimum atomic E-state index is 0. The molecule has 2 nitrogen and oxygen atoms in total. The standard InChI is InChI=1S/C18H25N2.HI/c1-4-7-8-12-16(6-3)20-17(11-5-2)15-19-14-10-9-13-18(19)20;/h5-6,9-11,13-15H,4,7-8,12H2,1-3H3;1H/q+1;/p-1. The predicted octanol–water partition coefficient (Wildman–Crippen LogP) is 1.70. The van der Waals surface area contributed by atoms with Gasteiger partial charge >= 0.3 is 0 Å². The summed E-state index contributed by atoms with van der Waals surface area (Å²) in [4.78, 5) is 0. The van der Waals surface area contributed by atoms with Crippen LogP contribution in [0.5, 0.6) is 0 Å². The van der Waals surface area contributed by atoms with Gasteiger partial charge < -0.3 is 24.0 Å². The van der Waals surface area contributed by atoms with E-state index in [0.29, 0.717) is 0 Å². The van der Waals surface area contributed by atoms with Gasteiger partial charge in [-0.3, -0.25) is 0 Å². The first-order valence-corrected chi connectivity index (χ1v) is 7.61. The summed E-state index contributed by atoms with van der Waals surface area (Å²) in [6, 6.07) is 6.35. The molecule has 114 valence electrons. The van der Waals surface area contributed by atoms with Gasteiger partial charge in [-0.15, -0.1) is 0 Å². The molecule has 21 heavy (non-hydrogen) atoms. The Morgan fingerprint density at radius 1 is 1.24 bits per heavy atom. The van der Waals surface area contributed by atoms with Crippen molar-refractivity contribution in [1.29, 1.82) is 0 Å². The molecule has 0 fully saturated rings. The molecule has 0 spiro atoms. The van der Waals surface area contributed by atoms with Crippen LogP contribution in [0.3, 0.4) is 0 Å². The minimum absolute atomic E-state index is 0. The quantitative estimate of drug-likeness (QED) is 0.400. The van der Waals surface area contributed by atoms with E-state index in [1.54, 1.807) is 0 Å². The Balaban J connectivity index is 0.00000220. The van der Waals surface area contributed by atoms with Crippen molar-refractivity contribution in [3.63, 3.8) is 0 Å². The van der Waals surface area contributed by atoms with Gasteiger partial charge in [0.05, 0.1) is 6.20 Å². The van der Waals surface area contributed by atoms with E-state index >= 15 is 0 Å². The lowest BCUT2D eigenvalue weighted by Crippen LogP contribution is -3.00. The van der Waals surface area contributed by atoms with Gasteiger partial charge in [0.2, 0.25) is 0 Å². The van der Waals surface area contributed by atoms with Crippen LogP contribution < -0.4 is 28.4 Å². The summed E-state index contributed by atoms with van der Waals surface area (Å²) in [5.74, 6) is 0. The van der Waals surface area contributed by atoms with Crippen LogP contribution in [0.1, 0.15) is 52.1 Å². The van der Waals surface area contributed by atoms with Gasteiger partial charge in [0, 0.05) is 12.5 Å². The van der Waals surface area contributed by atoms with Crippen LogP contribution in [0.25, 0.3) is 17.4 Å². The van der Waals surface area contributed by atoms with Crippen LogP contribution in [0.2, 0.25) is 0 Å². The molecule has 0 aliphatic heterocycles. The van der Waals surface area contributed by atoms with E-state index < -0.39 is 0 Å². The van der Waals surface area contributed by atoms with E-state index in [1.807, 2.05) is 0 Å². The number of fused-ring (bicyclic) bond motifs is 1. The van der Waals surface area contributed by atoms with Crippen molar-refractivity contribution in [3.05, 3.63) is 48.4 Å². The Bertz CT molecular complexity index is 623.